The fourth-order valence-corrected chi connectivity index (χ4v) is 2.30. The van der Waals surface area contributed by atoms with Gasteiger partial charge in [0.15, 0.2) is 6.61 Å². The van der Waals surface area contributed by atoms with Gasteiger partial charge in [-0.1, -0.05) is 36.4 Å². The Balaban J connectivity index is 2.14. The Hall–Kier alpha value is -2.86. The molecular weight excluding hydrogens is 322 g/mol. The monoisotopic (exact) mass is 343 g/mol. The molecule has 0 fully saturated rings. The van der Waals surface area contributed by atoms with Crippen molar-refractivity contribution in [1.29, 1.82) is 0 Å². The molecule has 0 atom stereocenters. The summed E-state index contributed by atoms with van der Waals surface area (Å²) >= 11 is 0. The van der Waals surface area contributed by atoms with E-state index in [2.05, 4.69) is 0 Å². The molecule has 2 aromatic carbocycles. The van der Waals surface area contributed by atoms with Gasteiger partial charge in [0.2, 0.25) is 0 Å². The van der Waals surface area contributed by atoms with E-state index in [1.54, 1.807) is 36.3 Å². The van der Waals surface area contributed by atoms with Crippen LogP contribution >= 0.6 is 0 Å². The van der Waals surface area contributed by atoms with Gasteiger partial charge in [-0.2, -0.15) is 0 Å². The smallest absolute Gasteiger partial charge is 0.341 e. The quantitative estimate of drug-likeness (QED) is 0.757. The van der Waals surface area contributed by atoms with Gasteiger partial charge in [0, 0.05) is 25.8 Å². The molecule has 2 aromatic rings. The standard InChI is InChI=1S/C19H21NO5/c1-24-11-10-20(13-15-6-3-2-4-7-15)19(23)16-8-5-9-17(12-16)25-14-18(21)22/h2-9,12H,10-11,13-14H2,1H3,(H,21,22). The number of carbonyl (C=O) groups is 2. The van der Waals surface area contributed by atoms with Gasteiger partial charge in [-0.25, -0.2) is 4.79 Å². The van der Waals surface area contributed by atoms with Crippen molar-refractivity contribution in [3.8, 4) is 5.75 Å². The molecule has 0 heterocycles. The van der Waals surface area contributed by atoms with E-state index in [0.717, 1.165) is 5.56 Å². The third kappa shape index (κ3) is 5.93. The zero-order valence-corrected chi connectivity index (χ0v) is 14.1. The summed E-state index contributed by atoms with van der Waals surface area (Å²) in [4.78, 5) is 25.1. The Morgan fingerprint density at radius 3 is 2.52 bits per heavy atom. The van der Waals surface area contributed by atoms with Gasteiger partial charge in [-0.15, -0.1) is 0 Å². The lowest BCUT2D eigenvalue weighted by Crippen LogP contribution is -2.33. The van der Waals surface area contributed by atoms with Crippen molar-refractivity contribution in [2.45, 2.75) is 6.54 Å². The van der Waals surface area contributed by atoms with Crippen molar-refractivity contribution < 1.29 is 24.2 Å². The van der Waals surface area contributed by atoms with Crippen LogP contribution in [0.4, 0.5) is 0 Å². The summed E-state index contributed by atoms with van der Waals surface area (Å²) in [6.45, 7) is 0.885. The van der Waals surface area contributed by atoms with Gasteiger partial charge in [0.05, 0.1) is 6.61 Å². The third-order valence-electron chi connectivity index (χ3n) is 3.51. The molecule has 0 saturated carbocycles. The van der Waals surface area contributed by atoms with E-state index >= 15 is 0 Å². The lowest BCUT2D eigenvalue weighted by Gasteiger charge is -2.23. The average Bonchev–Trinajstić information content (AvgIpc) is 2.64. The molecule has 1 amide bonds. The molecule has 0 aliphatic rings. The molecule has 0 bridgehead atoms. The fraction of sp³-hybridized carbons (Fsp3) is 0.263. The van der Waals surface area contributed by atoms with Gasteiger partial charge >= 0.3 is 5.97 Å². The number of amides is 1. The average molecular weight is 343 g/mol. The number of nitrogens with zero attached hydrogens (tertiary/aromatic N) is 1. The SMILES string of the molecule is COCCN(Cc1ccccc1)C(=O)c1cccc(OCC(=O)O)c1. The maximum atomic E-state index is 12.8. The van der Waals surface area contributed by atoms with Crippen molar-refractivity contribution in [3.63, 3.8) is 0 Å². The van der Waals surface area contributed by atoms with Crippen LogP contribution in [0.1, 0.15) is 15.9 Å². The molecule has 0 aliphatic heterocycles. The molecule has 0 aliphatic carbocycles. The first kappa shape index (κ1) is 18.5. The minimum absolute atomic E-state index is 0.165. The van der Waals surface area contributed by atoms with Gasteiger partial charge in [0.1, 0.15) is 5.75 Å². The minimum atomic E-state index is -1.07. The normalized spacial score (nSPS) is 10.3. The van der Waals surface area contributed by atoms with E-state index in [4.69, 9.17) is 14.6 Å². The fourth-order valence-electron chi connectivity index (χ4n) is 2.30. The molecule has 25 heavy (non-hydrogen) atoms. The number of hydrogen-bond donors (Lipinski definition) is 1. The van der Waals surface area contributed by atoms with E-state index in [1.807, 2.05) is 30.3 Å². The van der Waals surface area contributed by atoms with Crippen LogP contribution in [0.3, 0.4) is 0 Å². The van der Waals surface area contributed by atoms with E-state index in [1.165, 1.54) is 0 Å². The van der Waals surface area contributed by atoms with Crippen molar-refractivity contribution >= 4 is 11.9 Å². The zero-order chi connectivity index (χ0) is 18.1. The lowest BCUT2D eigenvalue weighted by atomic mass is 10.1. The Bertz CT molecular complexity index is 702. The summed E-state index contributed by atoms with van der Waals surface area (Å²) in [5.74, 6) is -0.885. The van der Waals surface area contributed by atoms with Gasteiger partial charge in [-0.05, 0) is 23.8 Å². The van der Waals surface area contributed by atoms with Gasteiger partial charge in [-0.3, -0.25) is 4.79 Å². The highest BCUT2D eigenvalue weighted by Crippen LogP contribution is 2.16. The summed E-state index contributed by atoms with van der Waals surface area (Å²) in [6, 6.07) is 16.2. The lowest BCUT2D eigenvalue weighted by molar-refractivity contribution is -0.139. The van der Waals surface area contributed by atoms with Crippen molar-refractivity contribution in [2.24, 2.45) is 0 Å². The summed E-state index contributed by atoms with van der Waals surface area (Å²) < 4.78 is 10.2. The van der Waals surface area contributed by atoms with Crippen LogP contribution in [-0.2, 0) is 16.1 Å². The van der Waals surface area contributed by atoms with Crippen molar-refractivity contribution in [3.05, 3.63) is 65.7 Å². The molecule has 132 valence electrons. The molecule has 0 saturated heterocycles. The molecule has 2 rings (SSSR count). The van der Waals surface area contributed by atoms with Gasteiger partial charge in [0.25, 0.3) is 5.91 Å². The third-order valence-corrected chi connectivity index (χ3v) is 3.51. The second-order valence-electron chi connectivity index (χ2n) is 5.42. The summed E-state index contributed by atoms with van der Waals surface area (Å²) in [5, 5.41) is 8.69. The molecule has 1 N–H and O–H groups in total. The summed E-state index contributed by atoms with van der Waals surface area (Å²) in [6.07, 6.45) is 0. The predicted octanol–water partition coefficient (Wildman–Crippen LogP) is 2.44. The molecule has 0 unspecified atom stereocenters. The highest BCUT2D eigenvalue weighted by Gasteiger charge is 2.17. The van der Waals surface area contributed by atoms with Crippen LogP contribution in [0.15, 0.2) is 54.6 Å². The zero-order valence-electron chi connectivity index (χ0n) is 14.1. The molecule has 0 aromatic heterocycles. The van der Waals surface area contributed by atoms with Crippen LogP contribution in [0, 0.1) is 0 Å². The maximum Gasteiger partial charge on any atom is 0.341 e. The number of ether oxygens (including phenoxy) is 2. The summed E-state index contributed by atoms with van der Waals surface area (Å²) in [7, 11) is 1.59. The predicted molar refractivity (Wildman–Crippen MR) is 92.6 cm³/mol. The van der Waals surface area contributed by atoms with Crippen LogP contribution < -0.4 is 4.74 Å². The first-order chi connectivity index (χ1) is 12.1. The van der Waals surface area contributed by atoms with Crippen LogP contribution in [-0.4, -0.2) is 48.8 Å². The molecule has 6 heteroatoms. The highest BCUT2D eigenvalue weighted by atomic mass is 16.5. The molecule has 6 nitrogen and oxygen atoms in total. The van der Waals surface area contributed by atoms with Crippen LogP contribution in [0.5, 0.6) is 5.75 Å². The molecular formula is C19H21NO5. The number of carbonyl (C=O) groups excluding carboxylic acids is 1. The number of rotatable bonds is 9. The Kier molecular flexibility index (Phi) is 6.98. The number of benzene rings is 2. The van der Waals surface area contributed by atoms with Crippen LogP contribution in [0.25, 0.3) is 0 Å². The van der Waals surface area contributed by atoms with Crippen LogP contribution in [0.2, 0.25) is 0 Å². The van der Waals surface area contributed by atoms with Crippen molar-refractivity contribution in [1.82, 2.24) is 4.90 Å². The largest absolute Gasteiger partial charge is 0.482 e. The maximum absolute atomic E-state index is 12.8. The number of methoxy groups -OCH3 is 1. The topological polar surface area (TPSA) is 76.1 Å². The first-order valence-corrected chi connectivity index (χ1v) is 7.87. The molecule has 0 spiro atoms. The second kappa shape index (κ2) is 9.44. The first-order valence-electron chi connectivity index (χ1n) is 7.87. The van der Waals surface area contributed by atoms with E-state index < -0.39 is 12.6 Å². The number of carboxylic acids is 1. The van der Waals surface area contributed by atoms with E-state index in [9.17, 15) is 9.59 Å². The summed E-state index contributed by atoms with van der Waals surface area (Å²) in [5.41, 5.74) is 1.46. The Morgan fingerprint density at radius 2 is 1.84 bits per heavy atom. The molecule has 0 radical (unpaired) electrons. The van der Waals surface area contributed by atoms with E-state index in [0.29, 0.717) is 31.0 Å². The Labute approximate surface area is 146 Å². The highest BCUT2D eigenvalue weighted by molar-refractivity contribution is 5.94. The number of hydrogen-bond acceptors (Lipinski definition) is 4. The van der Waals surface area contributed by atoms with Gasteiger partial charge < -0.3 is 19.5 Å². The number of carboxylic acid groups (broad SMARTS) is 1. The Morgan fingerprint density at radius 1 is 1.08 bits per heavy atom. The van der Waals surface area contributed by atoms with Crippen molar-refractivity contribution in [2.75, 3.05) is 26.9 Å². The minimum Gasteiger partial charge on any atom is -0.482 e. The number of aliphatic carboxylic acids is 1. The van der Waals surface area contributed by atoms with E-state index in [-0.39, 0.29) is 5.91 Å². The second-order valence-corrected chi connectivity index (χ2v) is 5.42.